The van der Waals surface area contributed by atoms with Crippen LogP contribution in [0.3, 0.4) is 0 Å². The number of amides is 1. The van der Waals surface area contributed by atoms with Crippen LogP contribution in [0.2, 0.25) is 0 Å². The van der Waals surface area contributed by atoms with Crippen molar-refractivity contribution in [3.63, 3.8) is 0 Å². The molecule has 0 aromatic carbocycles. The summed E-state index contributed by atoms with van der Waals surface area (Å²) >= 11 is 6.84. The van der Waals surface area contributed by atoms with Crippen molar-refractivity contribution < 1.29 is 4.79 Å². The van der Waals surface area contributed by atoms with Crippen molar-refractivity contribution in [3.8, 4) is 6.07 Å². The number of nitrogens with one attached hydrogen (secondary N) is 1. The first-order valence-corrected chi connectivity index (χ1v) is 8.37. The Balaban J connectivity index is 2.50. The van der Waals surface area contributed by atoms with E-state index in [4.69, 9.17) is 12.2 Å². The van der Waals surface area contributed by atoms with E-state index >= 15 is 0 Å². The third-order valence-electron chi connectivity index (χ3n) is 3.79. The molecule has 112 valence electrons. The third-order valence-corrected chi connectivity index (χ3v) is 5.23. The second kappa shape index (κ2) is 5.86. The second-order valence-corrected chi connectivity index (χ2v) is 8.40. The van der Waals surface area contributed by atoms with Crippen molar-refractivity contribution in [2.24, 2.45) is 11.3 Å². The van der Waals surface area contributed by atoms with Gasteiger partial charge in [-0.05, 0) is 36.3 Å². The maximum Gasteiger partial charge on any atom is 0.230 e. The Morgan fingerprint density at radius 3 is 2.67 bits per heavy atom. The van der Waals surface area contributed by atoms with Crippen LogP contribution in [0.4, 0.5) is 5.00 Å². The zero-order valence-electron chi connectivity index (χ0n) is 12.9. The number of hydrogen-bond acceptors (Lipinski definition) is 4. The van der Waals surface area contributed by atoms with Crippen LogP contribution in [0.5, 0.6) is 0 Å². The predicted molar refractivity (Wildman–Crippen MR) is 89.1 cm³/mol. The highest BCUT2D eigenvalue weighted by Gasteiger charge is 2.26. The normalized spacial score (nSPS) is 17.8. The summed E-state index contributed by atoms with van der Waals surface area (Å²) in [5, 5.41) is 13.0. The lowest BCUT2D eigenvalue weighted by molar-refractivity contribution is -0.123. The van der Waals surface area contributed by atoms with Gasteiger partial charge in [-0.2, -0.15) is 5.26 Å². The molecule has 1 aromatic rings. The zero-order valence-corrected chi connectivity index (χ0v) is 14.5. The van der Waals surface area contributed by atoms with Crippen LogP contribution < -0.4 is 5.32 Å². The van der Waals surface area contributed by atoms with Crippen LogP contribution in [-0.4, -0.2) is 5.91 Å². The number of hydrogen-bond donors (Lipinski definition) is 1. The van der Waals surface area contributed by atoms with E-state index in [-0.39, 0.29) is 5.91 Å². The summed E-state index contributed by atoms with van der Waals surface area (Å²) in [6, 6.07) is 2.27. The number of anilines is 1. The molecule has 0 bridgehead atoms. The van der Waals surface area contributed by atoms with Crippen molar-refractivity contribution >= 4 is 34.5 Å². The number of carbonyl (C=O) groups is 1. The fourth-order valence-corrected chi connectivity index (χ4v) is 3.82. The topological polar surface area (TPSA) is 52.9 Å². The summed E-state index contributed by atoms with van der Waals surface area (Å²) in [5.74, 6) is 0.515. The molecule has 1 aromatic heterocycles. The summed E-state index contributed by atoms with van der Waals surface area (Å²) in [4.78, 5) is 12.2. The number of fused-ring (bicyclic) bond motifs is 1. The molecule has 0 saturated carbocycles. The summed E-state index contributed by atoms with van der Waals surface area (Å²) in [5.41, 5.74) is 2.29. The van der Waals surface area contributed by atoms with Crippen LogP contribution in [-0.2, 0) is 17.6 Å². The van der Waals surface area contributed by atoms with Crippen LogP contribution in [0.25, 0.3) is 0 Å². The fourth-order valence-electron chi connectivity index (χ4n) is 2.44. The molecule has 21 heavy (non-hydrogen) atoms. The largest absolute Gasteiger partial charge is 0.316 e. The van der Waals surface area contributed by atoms with Gasteiger partial charge >= 0.3 is 0 Å². The SMILES string of the molecule is CC1CCc2c(C#N)c(NC(=O)C(C)(C)C)sc(=S)c2C1. The van der Waals surface area contributed by atoms with Gasteiger partial charge in [-0.1, -0.05) is 39.9 Å². The van der Waals surface area contributed by atoms with Gasteiger partial charge in [0.1, 0.15) is 11.1 Å². The van der Waals surface area contributed by atoms with E-state index in [1.807, 2.05) is 20.8 Å². The Kier molecular flexibility index (Phi) is 4.50. The molecule has 1 heterocycles. The van der Waals surface area contributed by atoms with Crippen LogP contribution in [0, 0.1) is 26.5 Å². The maximum absolute atomic E-state index is 12.2. The third kappa shape index (κ3) is 3.33. The molecular formula is C16H20N2OS2. The van der Waals surface area contributed by atoms with Gasteiger partial charge in [-0.15, -0.1) is 11.3 Å². The van der Waals surface area contributed by atoms with Gasteiger partial charge in [0.25, 0.3) is 0 Å². The molecule has 0 fully saturated rings. The van der Waals surface area contributed by atoms with Gasteiger partial charge in [0.2, 0.25) is 5.91 Å². The number of carbonyl (C=O) groups excluding carboxylic acids is 1. The fraction of sp³-hybridized carbons (Fsp3) is 0.562. The highest BCUT2D eigenvalue weighted by atomic mass is 32.1. The average molecular weight is 320 g/mol. The van der Waals surface area contributed by atoms with Gasteiger partial charge in [0.15, 0.2) is 0 Å². The lowest BCUT2D eigenvalue weighted by Crippen LogP contribution is -2.28. The van der Waals surface area contributed by atoms with Crippen LogP contribution in [0.1, 0.15) is 50.8 Å². The minimum absolute atomic E-state index is 0.0891. The van der Waals surface area contributed by atoms with Gasteiger partial charge in [-0.3, -0.25) is 4.79 Å². The number of nitriles is 1. The monoisotopic (exact) mass is 320 g/mol. The molecule has 1 aliphatic carbocycles. The molecule has 2 rings (SSSR count). The summed E-state index contributed by atoms with van der Waals surface area (Å²) in [6.45, 7) is 7.78. The minimum atomic E-state index is -0.495. The van der Waals surface area contributed by atoms with Crippen molar-refractivity contribution in [2.45, 2.75) is 47.0 Å². The summed E-state index contributed by atoms with van der Waals surface area (Å²) < 4.78 is 0.805. The van der Waals surface area contributed by atoms with E-state index in [2.05, 4.69) is 18.3 Å². The molecule has 1 N–H and O–H groups in total. The Labute approximate surface area is 135 Å². The number of rotatable bonds is 1. The molecule has 0 spiro atoms. The van der Waals surface area contributed by atoms with Crippen LogP contribution >= 0.6 is 23.6 Å². The summed E-state index contributed by atoms with van der Waals surface area (Å²) in [7, 11) is 0. The minimum Gasteiger partial charge on any atom is -0.316 e. The molecule has 3 nitrogen and oxygen atoms in total. The second-order valence-electron chi connectivity index (χ2n) is 6.71. The van der Waals surface area contributed by atoms with Crippen molar-refractivity contribution in [2.75, 3.05) is 5.32 Å². The van der Waals surface area contributed by atoms with Crippen molar-refractivity contribution in [1.29, 1.82) is 5.26 Å². The first-order valence-electron chi connectivity index (χ1n) is 7.14. The molecule has 0 saturated heterocycles. The molecule has 1 aliphatic rings. The Bertz CT molecular complexity index is 677. The van der Waals surface area contributed by atoms with E-state index < -0.39 is 5.41 Å². The molecule has 0 aliphatic heterocycles. The molecule has 1 amide bonds. The van der Waals surface area contributed by atoms with E-state index in [0.717, 1.165) is 34.2 Å². The van der Waals surface area contributed by atoms with Gasteiger partial charge in [0.05, 0.1) is 9.39 Å². The maximum atomic E-state index is 12.2. The van der Waals surface area contributed by atoms with E-state index in [1.54, 1.807) is 0 Å². The standard InChI is InChI=1S/C16H20N2OS2/c1-9-5-6-10-11(7-9)14(20)21-13(12(10)8-17)18-15(19)16(2,3)4/h9H,5-7H2,1-4H3,(H,18,19). The van der Waals surface area contributed by atoms with Crippen molar-refractivity contribution in [3.05, 3.63) is 20.5 Å². The predicted octanol–water partition coefficient (Wildman–Crippen LogP) is 4.46. The van der Waals surface area contributed by atoms with E-state index in [1.165, 1.54) is 11.3 Å². The zero-order chi connectivity index (χ0) is 15.8. The summed E-state index contributed by atoms with van der Waals surface area (Å²) in [6.07, 6.45) is 2.87. The Morgan fingerprint density at radius 1 is 1.43 bits per heavy atom. The first kappa shape index (κ1) is 16.1. The molecule has 1 atom stereocenters. The highest BCUT2D eigenvalue weighted by molar-refractivity contribution is 7.73. The molecule has 0 radical (unpaired) electrons. The van der Waals surface area contributed by atoms with Gasteiger partial charge in [0, 0.05) is 5.41 Å². The number of nitrogens with zero attached hydrogens (tertiary/aromatic N) is 1. The lowest BCUT2D eigenvalue weighted by atomic mass is 9.85. The Morgan fingerprint density at radius 2 is 2.10 bits per heavy atom. The molecule has 1 unspecified atom stereocenters. The average Bonchev–Trinajstić information content (AvgIpc) is 2.38. The highest BCUT2D eigenvalue weighted by Crippen LogP contribution is 2.36. The Hall–Kier alpha value is -1.25. The van der Waals surface area contributed by atoms with E-state index in [0.29, 0.717) is 16.5 Å². The quantitative estimate of drug-likeness (QED) is 0.777. The first-order chi connectivity index (χ1) is 9.74. The van der Waals surface area contributed by atoms with E-state index in [9.17, 15) is 10.1 Å². The molecule has 5 heteroatoms. The van der Waals surface area contributed by atoms with Crippen molar-refractivity contribution in [1.82, 2.24) is 0 Å². The van der Waals surface area contributed by atoms with Crippen LogP contribution in [0.15, 0.2) is 0 Å². The van der Waals surface area contributed by atoms with Gasteiger partial charge in [-0.25, -0.2) is 0 Å². The van der Waals surface area contributed by atoms with Gasteiger partial charge < -0.3 is 5.32 Å². The lowest BCUT2D eigenvalue weighted by Gasteiger charge is -2.24. The smallest absolute Gasteiger partial charge is 0.230 e. The molecular weight excluding hydrogens is 300 g/mol.